The molecule has 116 valence electrons. The zero-order chi connectivity index (χ0) is 16.3. The first kappa shape index (κ1) is 16.2. The SMILES string of the molecule is Cc1ccc(S(C)(=O)=O)cc1C(=O)N(C)Cc1ccncc1. The first-order chi connectivity index (χ1) is 10.3. The van der Waals surface area contributed by atoms with E-state index >= 15 is 0 Å². The minimum absolute atomic E-state index is 0.152. The summed E-state index contributed by atoms with van der Waals surface area (Å²) in [5.41, 5.74) is 2.11. The molecule has 0 saturated carbocycles. The smallest absolute Gasteiger partial charge is 0.254 e. The number of carbonyl (C=O) groups is 1. The number of nitrogens with zero attached hydrogens (tertiary/aromatic N) is 2. The van der Waals surface area contributed by atoms with Crippen LogP contribution in [0.4, 0.5) is 0 Å². The van der Waals surface area contributed by atoms with Crippen LogP contribution in [-0.4, -0.2) is 37.5 Å². The predicted molar refractivity (Wildman–Crippen MR) is 84.3 cm³/mol. The topological polar surface area (TPSA) is 67.3 Å². The van der Waals surface area contributed by atoms with Crippen LogP contribution in [-0.2, 0) is 16.4 Å². The van der Waals surface area contributed by atoms with Gasteiger partial charge in [-0.05, 0) is 42.3 Å². The molecule has 0 aliphatic rings. The molecule has 2 aromatic rings. The molecule has 0 atom stereocenters. The van der Waals surface area contributed by atoms with E-state index in [0.717, 1.165) is 17.4 Å². The number of rotatable bonds is 4. The first-order valence-electron chi connectivity index (χ1n) is 6.74. The van der Waals surface area contributed by atoms with Crippen molar-refractivity contribution in [3.05, 3.63) is 59.4 Å². The normalized spacial score (nSPS) is 11.2. The third-order valence-corrected chi connectivity index (χ3v) is 4.49. The molecule has 0 unspecified atom stereocenters. The van der Waals surface area contributed by atoms with Crippen molar-refractivity contribution < 1.29 is 13.2 Å². The lowest BCUT2D eigenvalue weighted by molar-refractivity contribution is 0.0784. The van der Waals surface area contributed by atoms with Crippen LogP contribution in [0, 0.1) is 6.92 Å². The molecule has 0 aliphatic carbocycles. The Labute approximate surface area is 130 Å². The molecule has 0 saturated heterocycles. The van der Waals surface area contributed by atoms with E-state index in [9.17, 15) is 13.2 Å². The number of aromatic nitrogens is 1. The Hall–Kier alpha value is -2.21. The summed E-state index contributed by atoms with van der Waals surface area (Å²) in [6.45, 7) is 2.23. The van der Waals surface area contributed by atoms with Crippen molar-refractivity contribution in [1.82, 2.24) is 9.88 Å². The molecular weight excluding hydrogens is 300 g/mol. The van der Waals surface area contributed by atoms with Gasteiger partial charge < -0.3 is 4.90 Å². The monoisotopic (exact) mass is 318 g/mol. The molecule has 5 nitrogen and oxygen atoms in total. The molecule has 2 rings (SSSR count). The van der Waals surface area contributed by atoms with Crippen molar-refractivity contribution >= 4 is 15.7 Å². The van der Waals surface area contributed by atoms with Gasteiger partial charge in [0.1, 0.15) is 0 Å². The van der Waals surface area contributed by atoms with Crippen molar-refractivity contribution in [2.45, 2.75) is 18.4 Å². The highest BCUT2D eigenvalue weighted by atomic mass is 32.2. The van der Waals surface area contributed by atoms with Gasteiger partial charge in [0.2, 0.25) is 0 Å². The van der Waals surface area contributed by atoms with E-state index in [0.29, 0.717) is 12.1 Å². The van der Waals surface area contributed by atoms with E-state index in [1.165, 1.54) is 12.1 Å². The molecule has 1 aromatic heterocycles. The number of hydrogen-bond donors (Lipinski definition) is 0. The Morgan fingerprint density at radius 3 is 2.41 bits per heavy atom. The fraction of sp³-hybridized carbons (Fsp3) is 0.250. The Kier molecular flexibility index (Phi) is 4.61. The van der Waals surface area contributed by atoms with E-state index in [4.69, 9.17) is 0 Å². The van der Waals surface area contributed by atoms with Gasteiger partial charge in [0, 0.05) is 37.8 Å². The zero-order valence-electron chi connectivity index (χ0n) is 12.8. The molecule has 1 heterocycles. The highest BCUT2D eigenvalue weighted by Gasteiger charge is 2.17. The molecule has 0 bridgehead atoms. The Morgan fingerprint density at radius 1 is 1.18 bits per heavy atom. The van der Waals surface area contributed by atoms with Gasteiger partial charge in [-0.1, -0.05) is 6.07 Å². The van der Waals surface area contributed by atoms with Gasteiger partial charge in [-0.15, -0.1) is 0 Å². The van der Waals surface area contributed by atoms with E-state index in [1.807, 2.05) is 12.1 Å². The average Bonchev–Trinajstić information content (AvgIpc) is 2.46. The summed E-state index contributed by atoms with van der Waals surface area (Å²) in [6, 6.07) is 8.29. The lowest BCUT2D eigenvalue weighted by Crippen LogP contribution is -2.27. The summed E-state index contributed by atoms with van der Waals surface area (Å²) in [4.78, 5) is 18.2. The minimum atomic E-state index is -3.34. The highest BCUT2D eigenvalue weighted by Crippen LogP contribution is 2.18. The van der Waals surface area contributed by atoms with Gasteiger partial charge in [-0.25, -0.2) is 8.42 Å². The van der Waals surface area contributed by atoms with Gasteiger partial charge in [-0.3, -0.25) is 9.78 Å². The summed E-state index contributed by atoms with van der Waals surface area (Å²) in [5.74, 6) is -0.209. The molecule has 22 heavy (non-hydrogen) atoms. The highest BCUT2D eigenvalue weighted by molar-refractivity contribution is 7.90. The van der Waals surface area contributed by atoms with Gasteiger partial charge in [0.05, 0.1) is 4.90 Å². The van der Waals surface area contributed by atoms with Crippen LogP contribution < -0.4 is 0 Å². The lowest BCUT2D eigenvalue weighted by atomic mass is 10.1. The van der Waals surface area contributed by atoms with Crippen LogP contribution in [0.15, 0.2) is 47.6 Å². The second kappa shape index (κ2) is 6.27. The average molecular weight is 318 g/mol. The van der Waals surface area contributed by atoms with Crippen LogP contribution in [0.5, 0.6) is 0 Å². The summed E-state index contributed by atoms with van der Waals surface area (Å²) >= 11 is 0. The van der Waals surface area contributed by atoms with Gasteiger partial charge in [-0.2, -0.15) is 0 Å². The number of amides is 1. The van der Waals surface area contributed by atoms with Crippen molar-refractivity contribution in [1.29, 1.82) is 0 Å². The fourth-order valence-electron chi connectivity index (χ4n) is 2.10. The molecule has 6 heteroatoms. The summed E-state index contributed by atoms with van der Waals surface area (Å²) in [5, 5.41) is 0. The number of sulfone groups is 1. The maximum absolute atomic E-state index is 12.6. The lowest BCUT2D eigenvalue weighted by Gasteiger charge is -2.19. The van der Waals surface area contributed by atoms with Gasteiger partial charge in [0.15, 0.2) is 9.84 Å². The summed E-state index contributed by atoms with van der Waals surface area (Å²) in [6.07, 6.45) is 4.47. The minimum Gasteiger partial charge on any atom is -0.337 e. The Morgan fingerprint density at radius 2 is 1.82 bits per heavy atom. The van der Waals surface area contributed by atoms with Crippen LogP contribution in [0.25, 0.3) is 0 Å². The second-order valence-electron chi connectivity index (χ2n) is 5.27. The second-order valence-corrected chi connectivity index (χ2v) is 7.28. The molecule has 0 fully saturated rings. The zero-order valence-corrected chi connectivity index (χ0v) is 13.6. The van der Waals surface area contributed by atoms with Crippen LogP contribution in [0.2, 0.25) is 0 Å². The summed E-state index contributed by atoms with van der Waals surface area (Å²) < 4.78 is 23.3. The maximum Gasteiger partial charge on any atom is 0.254 e. The molecule has 0 aliphatic heterocycles. The van der Waals surface area contributed by atoms with E-state index in [2.05, 4.69) is 4.98 Å². The van der Waals surface area contributed by atoms with Crippen molar-refractivity contribution in [3.63, 3.8) is 0 Å². The van der Waals surface area contributed by atoms with Crippen molar-refractivity contribution in [2.24, 2.45) is 0 Å². The largest absolute Gasteiger partial charge is 0.337 e. The standard InChI is InChI=1S/C16H18N2O3S/c1-12-4-5-14(22(3,20)21)10-15(12)16(19)18(2)11-13-6-8-17-9-7-13/h4-10H,11H2,1-3H3. The van der Waals surface area contributed by atoms with Crippen LogP contribution >= 0.6 is 0 Å². The molecule has 0 spiro atoms. The van der Waals surface area contributed by atoms with E-state index in [-0.39, 0.29) is 10.8 Å². The van der Waals surface area contributed by atoms with Crippen molar-refractivity contribution in [2.75, 3.05) is 13.3 Å². The van der Waals surface area contributed by atoms with Gasteiger partial charge >= 0.3 is 0 Å². The molecule has 0 radical (unpaired) electrons. The third kappa shape index (κ3) is 3.71. The van der Waals surface area contributed by atoms with Gasteiger partial charge in [0.25, 0.3) is 5.91 Å². The van der Waals surface area contributed by atoms with E-state index < -0.39 is 9.84 Å². The van der Waals surface area contributed by atoms with E-state index in [1.54, 1.807) is 37.3 Å². The molecule has 1 amide bonds. The quantitative estimate of drug-likeness (QED) is 0.865. The van der Waals surface area contributed by atoms with Crippen LogP contribution in [0.1, 0.15) is 21.5 Å². The Bertz CT molecular complexity index is 786. The Balaban J connectivity index is 2.29. The number of carbonyl (C=O) groups excluding carboxylic acids is 1. The van der Waals surface area contributed by atoms with Crippen LogP contribution in [0.3, 0.4) is 0 Å². The molecular formula is C16H18N2O3S. The maximum atomic E-state index is 12.6. The summed E-state index contributed by atoms with van der Waals surface area (Å²) in [7, 11) is -1.65. The predicted octanol–water partition coefficient (Wildman–Crippen LogP) is 2.07. The third-order valence-electron chi connectivity index (χ3n) is 3.38. The molecule has 1 aromatic carbocycles. The van der Waals surface area contributed by atoms with Crippen molar-refractivity contribution in [3.8, 4) is 0 Å². The number of pyridine rings is 1. The number of hydrogen-bond acceptors (Lipinski definition) is 4. The molecule has 0 N–H and O–H groups in total. The fourth-order valence-corrected chi connectivity index (χ4v) is 2.75. The number of benzene rings is 1. The number of aryl methyl sites for hydroxylation is 1. The first-order valence-corrected chi connectivity index (χ1v) is 8.63.